The van der Waals surface area contributed by atoms with E-state index in [0.29, 0.717) is 5.54 Å². The number of nitrogens with zero attached hydrogens (tertiary/aromatic N) is 1. The van der Waals surface area contributed by atoms with Crippen LogP contribution in [0.2, 0.25) is 0 Å². The summed E-state index contributed by atoms with van der Waals surface area (Å²) in [7, 11) is 0. The minimum Gasteiger partial charge on any atom is -0.310 e. The highest BCUT2D eigenvalue weighted by molar-refractivity contribution is 4.99. The van der Waals surface area contributed by atoms with Crippen LogP contribution in [0.1, 0.15) is 51.9 Å². The van der Waals surface area contributed by atoms with Crippen molar-refractivity contribution in [2.45, 2.75) is 63.5 Å². The number of hydrogen-bond acceptors (Lipinski definition) is 2. The van der Waals surface area contributed by atoms with Gasteiger partial charge >= 0.3 is 0 Å². The highest BCUT2D eigenvalue weighted by Crippen LogP contribution is 2.35. The molecule has 92 valence electrons. The Morgan fingerprint density at radius 1 is 1.19 bits per heavy atom. The van der Waals surface area contributed by atoms with Crippen LogP contribution < -0.4 is 5.32 Å². The van der Waals surface area contributed by atoms with Crippen LogP contribution in [0, 0.1) is 5.92 Å². The van der Waals surface area contributed by atoms with E-state index < -0.39 is 0 Å². The number of nitrogens with one attached hydrogen (secondary N) is 1. The van der Waals surface area contributed by atoms with Crippen LogP contribution in [0.25, 0.3) is 0 Å². The fraction of sp³-hybridized carbons (Fsp3) is 1.00. The Bertz CT molecular complexity index is 241. The van der Waals surface area contributed by atoms with E-state index in [1.807, 2.05) is 0 Å². The lowest BCUT2D eigenvalue weighted by Gasteiger charge is -2.35. The fourth-order valence-corrected chi connectivity index (χ4v) is 3.59. The molecule has 1 aliphatic heterocycles. The summed E-state index contributed by atoms with van der Waals surface area (Å²) in [4.78, 5) is 2.79. The molecule has 0 aromatic heterocycles. The maximum Gasteiger partial charge on any atom is 0.0308 e. The van der Waals surface area contributed by atoms with Crippen molar-refractivity contribution in [3.8, 4) is 0 Å². The molecule has 2 nitrogen and oxygen atoms in total. The van der Waals surface area contributed by atoms with Gasteiger partial charge in [0, 0.05) is 24.7 Å². The van der Waals surface area contributed by atoms with Crippen molar-refractivity contribution >= 4 is 0 Å². The molecule has 3 fully saturated rings. The zero-order valence-corrected chi connectivity index (χ0v) is 10.7. The third-order valence-electron chi connectivity index (χ3n) is 4.94. The van der Waals surface area contributed by atoms with Gasteiger partial charge in [0.25, 0.3) is 0 Å². The van der Waals surface area contributed by atoms with E-state index in [1.54, 1.807) is 0 Å². The predicted molar refractivity (Wildman–Crippen MR) is 67.6 cm³/mol. The average molecular weight is 222 g/mol. The molecular weight excluding hydrogens is 196 g/mol. The summed E-state index contributed by atoms with van der Waals surface area (Å²) in [6, 6.07) is 0.799. The van der Waals surface area contributed by atoms with E-state index >= 15 is 0 Å². The monoisotopic (exact) mass is 222 g/mol. The van der Waals surface area contributed by atoms with Crippen molar-refractivity contribution < 1.29 is 0 Å². The second-order valence-corrected chi connectivity index (χ2v) is 6.42. The van der Waals surface area contributed by atoms with Gasteiger partial charge in [-0.15, -0.1) is 0 Å². The fourth-order valence-electron chi connectivity index (χ4n) is 3.59. The van der Waals surface area contributed by atoms with Gasteiger partial charge in [-0.3, -0.25) is 4.90 Å². The molecule has 1 unspecified atom stereocenters. The number of hydrogen-bond donors (Lipinski definition) is 1. The van der Waals surface area contributed by atoms with E-state index in [-0.39, 0.29) is 0 Å². The Balaban J connectivity index is 1.68. The summed E-state index contributed by atoms with van der Waals surface area (Å²) >= 11 is 0. The molecule has 16 heavy (non-hydrogen) atoms. The molecule has 0 amide bonds. The lowest BCUT2D eigenvalue weighted by molar-refractivity contribution is 0.161. The standard InChI is InChI=1S/C14H26N2/c1-12-6-9-15-14(7-2-3-8-14)11-16(12)10-13-4-5-13/h12-13,15H,2-11H2,1H3. The van der Waals surface area contributed by atoms with Gasteiger partial charge in [-0.2, -0.15) is 0 Å². The Labute approximate surface area is 99.8 Å². The van der Waals surface area contributed by atoms with Crippen molar-refractivity contribution in [3.05, 3.63) is 0 Å². The maximum absolute atomic E-state index is 3.87. The van der Waals surface area contributed by atoms with E-state index in [4.69, 9.17) is 0 Å². The summed E-state index contributed by atoms with van der Waals surface area (Å²) in [6.07, 6.45) is 10.0. The molecule has 1 heterocycles. The minimum atomic E-state index is 0.500. The Morgan fingerprint density at radius 2 is 1.94 bits per heavy atom. The van der Waals surface area contributed by atoms with E-state index in [0.717, 1.165) is 12.0 Å². The molecule has 3 rings (SSSR count). The highest BCUT2D eigenvalue weighted by Gasteiger charge is 2.39. The molecule has 1 spiro atoms. The summed E-state index contributed by atoms with van der Waals surface area (Å²) in [5.41, 5.74) is 0.500. The van der Waals surface area contributed by atoms with E-state index in [9.17, 15) is 0 Å². The first-order valence-electron chi connectivity index (χ1n) is 7.27. The molecule has 2 heteroatoms. The Kier molecular flexibility index (Phi) is 2.97. The lowest BCUT2D eigenvalue weighted by Crippen LogP contribution is -2.50. The first-order valence-corrected chi connectivity index (χ1v) is 7.27. The smallest absolute Gasteiger partial charge is 0.0308 e. The first kappa shape index (κ1) is 11.0. The van der Waals surface area contributed by atoms with Crippen LogP contribution >= 0.6 is 0 Å². The van der Waals surface area contributed by atoms with Crippen molar-refractivity contribution in [1.29, 1.82) is 0 Å². The second kappa shape index (κ2) is 4.30. The van der Waals surface area contributed by atoms with Gasteiger partial charge in [-0.1, -0.05) is 12.8 Å². The zero-order chi connectivity index (χ0) is 11.0. The number of rotatable bonds is 2. The normalized spacial score (nSPS) is 35.4. The zero-order valence-electron chi connectivity index (χ0n) is 10.7. The van der Waals surface area contributed by atoms with Crippen molar-refractivity contribution in [2.24, 2.45) is 5.92 Å². The molecule has 3 aliphatic rings. The topological polar surface area (TPSA) is 15.3 Å². The molecule has 0 bridgehead atoms. The van der Waals surface area contributed by atoms with Crippen LogP contribution in [-0.4, -0.2) is 36.1 Å². The molecule has 0 aromatic carbocycles. The van der Waals surface area contributed by atoms with Gasteiger partial charge < -0.3 is 5.32 Å². The maximum atomic E-state index is 3.87. The summed E-state index contributed by atoms with van der Waals surface area (Å²) in [6.45, 7) is 6.37. The van der Waals surface area contributed by atoms with Gasteiger partial charge in [0.1, 0.15) is 0 Å². The molecular formula is C14H26N2. The van der Waals surface area contributed by atoms with Crippen LogP contribution in [0.3, 0.4) is 0 Å². The van der Waals surface area contributed by atoms with Gasteiger partial charge in [-0.25, -0.2) is 0 Å². The third kappa shape index (κ3) is 2.28. The van der Waals surface area contributed by atoms with E-state index in [2.05, 4.69) is 17.1 Å². The molecule has 1 atom stereocenters. The molecule has 1 N–H and O–H groups in total. The molecule has 2 aliphatic carbocycles. The lowest BCUT2D eigenvalue weighted by atomic mass is 9.97. The van der Waals surface area contributed by atoms with Crippen molar-refractivity contribution in [2.75, 3.05) is 19.6 Å². The molecule has 0 aromatic rings. The quantitative estimate of drug-likeness (QED) is 0.772. The third-order valence-corrected chi connectivity index (χ3v) is 4.94. The van der Waals surface area contributed by atoms with Gasteiger partial charge in [-0.05, 0) is 51.5 Å². The van der Waals surface area contributed by atoms with Gasteiger partial charge in [0.2, 0.25) is 0 Å². The van der Waals surface area contributed by atoms with E-state index in [1.165, 1.54) is 64.6 Å². The average Bonchev–Trinajstić information content (AvgIpc) is 2.98. The predicted octanol–water partition coefficient (Wildman–Crippen LogP) is 2.39. The van der Waals surface area contributed by atoms with Crippen LogP contribution in [0.15, 0.2) is 0 Å². The van der Waals surface area contributed by atoms with Crippen molar-refractivity contribution in [1.82, 2.24) is 10.2 Å². The minimum absolute atomic E-state index is 0.500. The van der Waals surface area contributed by atoms with Crippen LogP contribution in [-0.2, 0) is 0 Å². The summed E-state index contributed by atoms with van der Waals surface area (Å²) in [5, 5.41) is 3.87. The summed E-state index contributed by atoms with van der Waals surface area (Å²) in [5.74, 6) is 1.04. The Morgan fingerprint density at radius 3 is 2.62 bits per heavy atom. The largest absolute Gasteiger partial charge is 0.310 e. The highest BCUT2D eigenvalue weighted by atomic mass is 15.2. The molecule has 2 saturated carbocycles. The van der Waals surface area contributed by atoms with Gasteiger partial charge in [0.05, 0.1) is 0 Å². The van der Waals surface area contributed by atoms with Crippen molar-refractivity contribution in [3.63, 3.8) is 0 Å². The second-order valence-electron chi connectivity index (χ2n) is 6.42. The van der Waals surface area contributed by atoms with Crippen LogP contribution in [0.4, 0.5) is 0 Å². The summed E-state index contributed by atoms with van der Waals surface area (Å²) < 4.78 is 0. The first-order chi connectivity index (χ1) is 7.77. The SMILES string of the molecule is CC1CCNC2(CCCC2)CN1CC1CC1. The molecule has 0 radical (unpaired) electrons. The van der Waals surface area contributed by atoms with Crippen LogP contribution in [0.5, 0.6) is 0 Å². The Hall–Kier alpha value is -0.0800. The molecule has 1 saturated heterocycles. The van der Waals surface area contributed by atoms with Gasteiger partial charge in [0.15, 0.2) is 0 Å².